The minimum atomic E-state index is -0.337. The molecular weight excluding hydrogens is 424 g/mol. The summed E-state index contributed by atoms with van der Waals surface area (Å²) in [4.78, 5) is 14.8. The predicted octanol–water partition coefficient (Wildman–Crippen LogP) is 4.50. The number of anilines is 1. The molecule has 32 heavy (non-hydrogen) atoms. The maximum atomic E-state index is 12.9. The van der Waals surface area contributed by atoms with Crippen LogP contribution in [0.15, 0.2) is 88.8 Å². The van der Waals surface area contributed by atoms with Crippen molar-refractivity contribution in [3.8, 4) is 11.5 Å². The molecule has 2 heterocycles. The van der Waals surface area contributed by atoms with Crippen molar-refractivity contribution in [1.29, 1.82) is 0 Å². The maximum Gasteiger partial charge on any atom is 0.277 e. The van der Waals surface area contributed by atoms with Gasteiger partial charge in [-0.15, -0.1) is 5.10 Å². The summed E-state index contributed by atoms with van der Waals surface area (Å²) in [6.45, 7) is 1.51. The third-order valence-corrected chi connectivity index (χ3v) is 5.89. The Balaban J connectivity index is 1.38. The van der Waals surface area contributed by atoms with Crippen LogP contribution in [0.5, 0.6) is 11.5 Å². The molecule has 0 aliphatic carbocycles. The molecule has 1 aromatic heterocycles. The molecule has 0 radical (unpaired) electrons. The molecule has 3 aromatic carbocycles. The molecule has 0 fully saturated rings. The van der Waals surface area contributed by atoms with Crippen molar-refractivity contribution in [2.75, 3.05) is 18.5 Å². The summed E-state index contributed by atoms with van der Waals surface area (Å²) in [7, 11) is 0. The number of rotatable bonds is 6. The summed E-state index contributed by atoms with van der Waals surface area (Å²) in [5.74, 6) is 0.939. The zero-order valence-corrected chi connectivity index (χ0v) is 17.9. The number of amides is 1. The van der Waals surface area contributed by atoms with Crippen molar-refractivity contribution in [1.82, 2.24) is 15.0 Å². The lowest BCUT2D eigenvalue weighted by Crippen LogP contribution is -2.17. The molecule has 0 atom stereocenters. The minimum Gasteiger partial charge on any atom is -0.486 e. The van der Waals surface area contributed by atoms with Gasteiger partial charge in [0.1, 0.15) is 13.2 Å². The van der Waals surface area contributed by atoms with E-state index in [2.05, 4.69) is 15.6 Å². The van der Waals surface area contributed by atoms with E-state index in [4.69, 9.17) is 9.47 Å². The van der Waals surface area contributed by atoms with Gasteiger partial charge in [-0.25, -0.2) is 4.68 Å². The highest BCUT2D eigenvalue weighted by Crippen LogP contribution is 2.42. The van der Waals surface area contributed by atoms with Crippen LogP contribution in [-0.4, -0.2) is 34.1 Å². The molecule has 0 spiro atoms. The Morgan fingerprint density at radius 2 is 1.66 bits per heavy atom. The smallest absolute Gasteiger partial charge is 0.277 e. The van der Waals surface area contributed by atoms with Crippen molar-refractivity contribution >= 4 is 23.4 Å². The summed E-state index contributed by atoms with van der Waals surface area (Å²) in [5, 5.41) is 11.1. The largest absolute Gasteiger partial charge is 0.486 e. The quantitative estimate of drug-likeness (QED) is 0.472. The third kappa shape index (κ3) is 4.60. The van der Waals surface area contributed by atoms with E-state index in [1.54, 1.807) is 16.9 Å². The first kappa shape index (κ1) is 20.1. The van der Waals surface area contributed by atoms with Crippen molar-refractivity contribution < 1.29 is 14.3 Å². The number of hydrogen-bond donors (Lipinski definition) is 1. The summed E-state index contributed by atoms with van der Waals surface area (Å²) in [6, 6.07) is 23.5. The number of carbonyl (C=O) groups is 1. The van der Waals surface area contributed by atoms with Gasteiger partial charge < -0.3 is 14.8 Å². The molecule has 7 nitrogen and oxygen atoms in total. The Morgan fingerprint density at radius 1 is 0.969 bits per heavy atom. The van der Waals surface area contributed by atoms with E-state index in [1.165, 1.54) is 11.8 Å². The van der Waals surface area contributed by atoms with E-state index >= 15 is 0 Å². The highest BCUT2D eigenvalue weighted by atomic mass is 32.2. The summed E-state index contributed by atoms with van der Waals surface area (Å²) >= 11 is 1.54. The second-order valence-corrected chi connectivity index (χ2v) is 8.26. The van der Waals surface area contributed by atoms with Gasteiger partial charge in [-0.05, 0) is 17.7 Å². The number of aromatic nitrogens is 3. The minimum absolute atomic E-state index is 0.242. The normalized spacial score (nSPS) is 12.4. The summed E-state index contributed by atoms with van der Waals surface area (Å²) in [6.07, 6.45) is 1.64. The Hall–Kier alpha value is -3.78. The molecule has 5 rings (SSSR count). The molecule has 0 bridgehead atoms. The number of benzene rings is 3. The molecule has 8 heteroatoms. The van der Waals surface area contributed by atoms with Crippen LogP contribution < -0.4 is 14.8 Å². The predicted molar refractivity (Wildman–Crippen MR) is 122 cm³/mol. The Labute approximate surface area is 189 Å². The lowest BCUT2D eigenvalue weighted by atomic mass is 10.2. The molecule has 0 saturated heterocycles. The molecule has 1 N–H and O–H groups in total. The average molecular weight is 445 g/mol. The molecule has 0 unspecified atom stereocenters. The Kier molecular flexibility index (Phi) is 5.76. The fraction of sp³-hybridized carbons (Fsp3) is 0.125. The van der Waals surface area contributed by atoms with Gasteiger partial charge in [0.05, 0.1) is 18.4 Å². The van der Waals surface area contributed by atoms with E-state index in [0.717, 1.165) is 15.4 Å². The van der Waals surface area contributed by atoms with Gasteiger partial charge >= 0.3 is 0 Å². The van der Waals surface area contributed by atoms with E-state index in [-0.39, 0.29) is 11.6 Å². The fourth-order valence-corrected chi connectivity index (χ4v) is 4.24. The van der Waals surface area contributed by atoms with E-state index in [0.29, 0.717) is 36.9 Å². The molecule has 1 aliphatic rings. The number of hydrogen-bond acceptors (Lipinski definition) is 6. The summed E-state index contributed by atoms with van der Waals surface area (Å²) in [5.41, 5.74) is 1.95. The standard InChI is InChI=1S/C24H20N4O3S/c29-24(20-16-28(27-26-20)15-17-7-3-1-4-8-17)25-19-13-21-22(31-12-11-30-21)14-23(19)32-18-9-5-2-6-10-18/h1-10,13-14,16H,11-12,15H2,(H,25,29). The van der Waals surface area contributed by atoms with E-state index in [1.807, 2.05) is 66.7 Å². The van der Waals surface area contributed by atoms with Crippen LogP contribution in [-0.2, 0) is 6.54 Å². The van der Waals surface area contributed by atoms with Crippen LogP contribution in [0.25, 0.3) is 0 Å². The number of nitrogens with one attached hydrogen (secondary N) is 1. The topological polar surface area (TPSA) is 78.3 Å². The fourth-order valence-electron chi connectivity index (χ4n) is 3.30. The molecule has 1 aliphatic heterocycles. The second kappa shape index (κ2) is 9.15. The van der Waals surface area contributed by atoms with Crippen LogP contribution in [0.2, 0.25) is 0 Å². The first-order chi connectivity index (χ1) is 15.7. The molecule has 0 saturated carbocycles. The monoisotopic (exact) mass is 444 g/mol. The van der Waals surface area contributed by atoms with Crippen molar-refractivity contribution in [3.05, 3.63) is 90.3 Å². The first-order valence-corrected chi connectivity index (χ1v) is 11.0. The number of nitrogens with zero attached hydrogens (tertiary/aromatic N) is 3. The van der Waals surface area contributed by atoms with Gasteiger partial charge in [0, 0.05) is 21.9 Å². The van der Waals surface area contributed by atoms with Crippen LogP contribution in [0.1, 0.15) is 16.1 Å². The lowest BCUT2D eigenvalue weighted by molar-refractivity contribution is 0.102. The van der Waals surface area contributed by atoms with Crippen molar-refractivity contribution in [2.24, 2.45) is 0 Å². The lowest BCUT2D eigenvalue weighted by Gasteiger charge is -2.21. The maximum absolute atomic E-state index is 12.9. The first-order valence-electron chi connectivity index (χ1n) is 10.2. The molecule has 4 aromatic rings. The zero-order valence-electron chi connectivity index (χ0n) is 17.1. The van der Waals surface area contributed by atoms with Gasteiger partial charge in [0.2, 0.25) is 0 Å². The summed E-state index contributed by atoms with van der Waals surface area (Å²) < 4.78 is 13.1. The van der Waals surface area contributed by atoms with E-state index in [9.17, 15) is 4.79 Å². The zero-order chi connectivity index (χ0) is 21.8. The Morgan fingerprint density at radius 3 is 2.41 bits per heavy atom. The molecule has 160 valence electrons. The van der Waals surface area contributed by atoms with Crippen LogP contribution in [0.3, 0.4) is 0 Å². The highest BCUT2D eigenvalue weighted by Gasteiger charge is 2.20. The van der Waals surface area contributed by atoms with Crippen LogP contribution >= 0.6 is 11.8 Å². The SMILES string of the molecule is O=C(Nc1cc2c(cc1Sc1ccccc1)OCCO2)c1cn(Cc2ccccc2)nn1. The van der Waals surface area contributed by atoms with Crippen molar-refractivity contribution in [2.45, 2.75) is 16.3 Å². The van der Waals surface area contributed by atoms with Gasteiger partial charge in [-0.1, -0.05) is 65.5 Å². The van der Waals surface area contributed by atoms with E-state index < -0.39 is 0 Å². The second-order valence-electron chi connectivity index (χ2n) is 7.15. The van der Waals surface area contributed by atoms with Gasteiger partial charge in [-0.3, -0.25) is 4.79 Å². The number of ether oxygens (including phenoxy) is 2. The van der Waals surface area contributed by atoms with Gasteiger partial charge in [0.25, 0.3) is 5.91 Å². The number of fused-ring (bicyclic) bond motifs is 1. The van der Waals surface area contributed by atoms with Gasteiger partial charge in [-0.2, -0.15) is 0 Å². The van der Waals surface area contributed by atoms with Crippen LogP contribution in [0, 0.1) is 0 Å². The van der Waals surface area contributed by atoms with Crippen LogP contribution in [0.4, 0.5) is 5.69 Å². The molecular formula is C24H20N4O3S. The van der Waals surface area contributed by atoms with Gasteiger partial charge in [0.15, 0.2) is 17.2 Å². The number of carbonyl (C=O) groups excluding carboxylic acids is 1. The highest BCUT2D eigenvalue weighted by molar-refractivity contribution is 7.99. The van der Waals surface area contributed by atoms with Crippen molar-refractivity contribution in [3.63, 3.8) is 0 Å². The third-order valence-electron chi connectivity index (χ3n) is 4.82. The average Bonchev–Trinajstić information content (AvgIpc) is 3.29. The Bertz CT molecular complexity index is 1230. The molecule has 1 amide bonds.